The molecule has 0 spiro atoms. The van der Waals surface area contributed by atoms with E-state index in [1.807, 2.05) is 0 Å². The van der Waals surface area contributed by atoms with Gasteiger partial charge in [0.15, 0.2) is 0 Å². The van der Waals surface area contributed by atoms with E-state index in [0.29, 0.717) is 12.0 Å². The summed E-state index contributed by atoms with van der Waals surface area (Å²) in [6.07, 6.45) is 10.3. The van der Waals surface area contributed by atoms with Crippen LogP contribution in [0.25, 0.3) is 0 Å². The van der Waals surface area contributed by atoms with Crippen molar-refractivity contribution in [3.63, 3.8) is 0 Å². The van der Waals surface area contributed by atoms with E-state index < -0.39 is 0 Å². The molecule has 1 nitrogen and oxygen atoms in total. The maximum atomic E-state index is 5.72. The van der Waals surface area contributed by atoms with Gasteiger partial charge >= 0.3 is 0 Å². The molecule has 72 valence electrons. The molecule has 0 saturated carbocycles. The van der Waals surface area contributed by atoms with Crippen LogP contribution in [0.1, 0.15) is 20.3 Å². The highest BCUT2D eigenvalue weighted by atomic mass is 16.5. The van der Waals surface area contributed by atoms with Gasteiger partial charge in [-0.05, 0) is 18.3 Å². The lowest BCUT2D eigenvalue weighted by molar-refractivity contribution is -0.0254. The number of ether oxygens (including phenoxy) is 1. The third kappa shape index (κ3) is 1.71. The summed E-state index contributed by atoms with van der Waals surface area (Å²) in [5, 5.41) is 0. The predicted octanol–water partition coefficient (Wildman–Crippen LogP) is 2.79. The molecule has 0 N–H and O–H groups in total. The van der Waals surface area contributed by atoms with Crippen molar-refractivity contribution in [3.8, 4) is 0 Å². The molecule has 1 heterocycles. The smallest absolute Gasteiger partial charge is 0.0824 e. The third-order valence-corrected chi connectivity index (χ3v) is 3.24. The molecule has 0 amide bonds. The van der Waals surface area contributed by atoms with Gasteiger partial charge in [0.2, 0.25) is 0 Å². The van der Waals surface area contributed by atoms with E-state index in [0.717, 1.165) is 18.4 Å². The average molecular weight is 178 g/mol. The SMILES string of the molecule is CC(C)C1CCOC2C=CC=CC21. The fourth-order valence-electron chi connectivity index (χ4n) is 2.47. The van der Waals surface area contributed by atoms with Gasteiger partial charge in [-0.2, -0.15) is 0 Å². The minimum absolute atomic E-state index is 0.353. The van der Waals surface area contributed by atoms with Crippen LogP contribution in [0.4, 0.5) is 0 Å². The number of hydrogen-bond donors (Lipinski definition) is 0. The molecule has 1 saturated heterocycles. The Balaban J connectivity index is 2.13. The van der Waals surface area contributed by atoms with E-state index in [1.54, 1.807) is 0 Å². The fourth-order valence-corrected chi connectivity index (χ4v) is 2.47. The monoisotopic (exact) mass is 178 g/mol. The summed E-state index contributed by atoms with van der Waals surface area (Å²) < 4.78 is 5.72. The first kappa shape index (κ1) is 9.01. The Hall–Kier alpha value is -0.560. The molecule has 13 heavy (non-hydrogen) atoms. The number of hydrogen-bond acceptors (Lipinski definition) is 1. The van der Waals surface area contributed by atoms with Gasteiger partial charge in [-0.25, -0.2) is 0 Å². The number of fused-ring (bicyclic) bond motifs is 1. The standard InChI is InChI=1S/C12H18O/c1-9(2)10-7-8-13-12-6-4-3-5-11(10)12/h3-6,9-12H,7-8H2,1-2H3. The molecule has 0 bridgehead atoms. The van der Waals surface area contributed by atoms with Gasteiger partial charge in [0.05, 0.1) is 6.10 Å². The third-order valence-electron chi connectivity index (χ3n) is 3.24. The van der Waals surface area contributed by atoms with Crippen LogP contribution in [-0.4, -0.2) is 12.7 Å². The topological polar surface area (TPSA) is 9.23 Å². The molecule has 1 fully saturated rings. The molecule has 2 aliphatic rings. The Bertz CT molecular complexity index is 227. The van der Waals surface area contributed by atoms with E-state index in [4.69, 9.17) is 4.74 Å². The summed E-state index contributed by atoms with van der Waals surface area (Å²) >= 11 is 0. The van der Waals surface area contributed by atoms with Gasteiger partial charge in [-0.3, -0.25) is 0 Å². The summed E-state index contributed by atoms with van der Waals surface area (Å²) in [4.78, 5) is 0. The summed E-state index contributed by atoms with van der Waals surface area (Å²) in [6.45, 7) is 5.57. The van der Waals surface area contributed by atoms with Gasteiger partial charge in [0.1, 0.15) is 0 Å². The Morgan fingerprint density at radius 2 is 2.00 bits per heavy atom. The zero-order chi connectivity index (χ0) is 9.26. The minimum atomic E-state index is 0.353. The molecule has 3 atom stereocenters. The van der Waals surface area contributed by atoms with Crippen LogP contribution in [0, 0.1) is 17.8 Å². The summed E-state index contributed by atoms with van der Waals surface area (Å²) in [5.74, 6) is 2.20. The maximum Gasteiger partial charge on any atom is 0.0824 e. The lowest BCUT2D eigenvalue weighted by Crippen LogP contribution is -2.37. The van der Waals surface area contributed by atoms with Crippen molar-refractivity contribution >= 4 is 0 Å². The molecule has 0 radical (unpaired) electrons. The molecule has 1 aliphatic heterocycles. The largest absolute Gasteiger partial charge is 0.374 e. The van der Waals surface area contributed by atoms with Gasteiger partial charge in [-0.15, -0.1) is 0 Å². The highest BCUT2D eigenvalue weighted by Crippen LogP contribution is 2.35. The Morgan fingerprint density at radius 1 is 1.23 bits per heavy atom. The van der Waals surface area contributed by atoms with Crippen molar-refractivity contribution in [1.82, 2.24) is 0 Å². The minimum Gasteiger partial charge on any atom is -0.374 e. The van der Waals surface area contributed by atoms with Crippen LogP contribution < -0.4 is 0 Å². The molecule has 2 rings (SSSR count). The summed E-state index contributed by atoms with van der Waals surface area (Å²) in [7, 11) is 0. The average Bonchev–Trinajstić information content (AvgIpc) is 2.17. The second-order valence-electron chi connectivity index (χ2n) is 4.38. The second-order valence-corrected chi connectivity index (χ2v) is 4.38. The van der Waals surface area contributed by atoms with Crippen LogP contribution in [-0.2, 0) is 4.74 Å². The van der Waals surface area contributed by atoms with Gasteiger partial charge in [-0.1, -0.05) is 38.2 Å². The highest BCUT2D eigenvalue weighted by Gasteiger charge is 2.33. The van der Waals surface area contributed by atoms with E-state index in [9.17, 15) is 0 Å². The molecule has 3 unspecified atom stereocenters. The van der Waals surface area contributed by atoms with Crippen molar-refractivity contribution in [2.75, 3.05) is 6.61 Å². The van der Waals surface area contributed by atoms with Crippen molar-refractivity contribution in [1.29, 1.82) is 0 Å². The summed E-state index contributed by atoms with van der Waals surface area (Å²) in [6, 6.07) is 0. The second kappa shape index (κ2) is 3.67. The molecular weight excluding hydrogens is 160 g/mol. The van der Waals surface area contributed by atoms with Crippen LogP contribution in [0.3, 0.4) is 0 Å². The van der Waals surface area contributed by atoms with Crippen LogP contribution in [0.2, 0.25) is 0 Å². The summed E-state index contributed by atoms with van der Waals surface area (Å²) in [5.41, 5.74) is 0. The first-order valence-corrected chi connectivity index (χ1v) is 5.25. The Morgan fingerprint density at radius 3 is 2.77 bits per heavy atom. The van der Waals surface area contributed by atoms with Gasteiger partial charge in [0.25, 0.3) is 0 Å². The zero-order valence-corrected chi connectivity index (χ0v) is 8.44. The Labute approximate surface area is 80.5 Å². The van der Waals surface area contributed by atoms with E-state index in [1.165, 1.54) is 6.42 Å². The molecule has 0 aromatic rings. The van der Waals surface area contributed by atoms with Crippen molar-refractivity contribution in [3.05, 3.63) is 24.3 Å². The first-order valence-electron chi connectivity index (χ1n) is 5.25. The quantitative estimate of drug-likeness (QED) is 0.600. The van der Waals surface area contributed by atoms with Crippen LogP contribution >= 0.6 is 0 Å². The molecule has 1 aliphatic carbocycles. The zero-order valence-electron chi connectivity index (χ0n) is 8.44. The normalized spacial score (nSPS) is 37.9. The van der Waals surface area contributed by atoms with Crippen LogP contribution in [0.5, 0.6) is 0 Å². The first-order chi connectivity index (χ1) is 6.29. The highest BCUT2D eigenvalue weighted by molar-refractivity contribution is 5.17. The molecule has 0 aromatic carbocycles. The van der Waals surface area contributed by atoms with Crippen molar-refractivity contribution < 1.29 is 4.74 Å². The fraction of sp³-hybridized carbons (Fsp3) is 0.667. The van der Waals surface area contributed by atoms with Gasteiger partial charge < -0.3 is 4.74 Å². The maximum absolute atomic E-state index is 5.72. The van der Waals surface area contributed by atoms with E-state index in [-0.39, 0.29) is 0 Å². The predicted molar refractivity (Wildman–Crippen MR) is 54.5 cm³/mol. The molecule has 1 heteroatoms. The molecular formula is C12H18O. The lowest BCUT2D eigenvalue weighted by atomic mass is 9.75. The Kier molecular flexibility index (Phi) is 2.54. The number of rotatable bonds is 1. The van der Waals surface area contributed by atoms with Crippen LogP contribution in [0.15, 0.2) is 24.3 Å². The number of allylic oxidation sites excluding steroid dienone is 2. The molecule has 0 aromatic heterocycles. The van der Waals surface area contributed by atoms with E-state index in [2.05, 4.69) is 38.2 Å². The lowest BCUT2D eigenvalue weighted by Gasteiger charge is -2.38. The van der Waals surface area contributed by atoms with Crippen molar-refractivity contribution in [2.24, 2.45) is 17.8 Å². The van der Waals surface area contributed by atoms with Crippen molar-refractivity contribution in [2.45, 2.75) is 26.4 Å². The van der Waals surface area contributed by atoms with E-state index >= 15 is 0 Å². The van der Waals surface area contributed by atoms with Gasteiger partial charge in [0, 0.05) is 12.5 Å².